The first kappa shape index (κ1) is 12.8. The van der Waals surface area contributed by atoms with E-state index in [2.05, 4.69) is 15.3 Å². The quantitative estimate of drug-likeness (QED) is 0.859. The van der Waals surface area contributed by atoms with Crippen molar-refractivity contribution >= 4 is 34.9 Å². The lowest BCUT2D eigenvalue weighted by Crippen LogP contribution is -2.14. The highest BCUT2D eigenvalue weighted by molar-refractivity contribution is 6.31. The Labute approximate surface area is 114 Å². The lowest BCUT2D eigenvalue weighted by Gasteiger charge is -2.07. The molecule has 0 aliphatic carbocycles. The third-order valence-electron chi connectivity index (χ3n) is 2.31. The minimum Gasteiger partial charge on any atom is -0.306 e. The summed E-state index contributed by atoms with van der Waals surface area (Å²) in [5.74, 6) is 0.0594. The number of hydrogen-bond donors (Lipinski definition) is 1. The lowest BCUT2D eigenvalue weighted by molar-refractivity contribution is 0.102. The van der Waals surface area contributed by atoms with Crippen molar-refractivity contribution in [1.29, 1.82) is 0 Å². The predicted octanol–water partition coefficient (Wildman–Crippen LogP) is 3.34. The maximum atomic E-state index is 12.0. The van der Waals surface area contributed by atoms with Crippen molar-refractivity contribution in [3.05, 3.63) is 51.9 Å². The summed E-state index contributed by atoms with van der Waals surface area (Å²) in [6.45, 7) is 1.83. The van der Waals surface area contributed by atoms with Crippen LogP contribution in [0.25, 0.3) is 0 Å². The Morgan fingerprint density at radius 3 is 2.78 bits per heavy atom. The van der Waals surface area contributed by atoms with Gasteiger partial charge in [0.25, 0.3) is 5.91 Å². The number of nitrogens with zero attached hydrogens (tertiary/aromatic N) is 2. The Morgan fingerprint density at radius 1 is 1.28 bits per heavy atom. The van der Waals surface area contributed by atoms with Crippen LogP contribution < -0.4 is 5.32 Å². The molecular weight excluding hydrogens is 273 g/mol. The van der Waals surface area contributed by atoms with Crippen molar-refractivity contribution < 1.29 is 4.79 Å². The second kappa shape index (κ2) is 5.33. The van der Waals surface area contributed by atoms with Crippen LogP contribution in [-0.2, 0) is 0 Å². The molecule has 0 fully saturated rings. The third kappa shape index (κ3) is 2.97. The van der Waals surface area contributed by atoms with Gasteiger partial charge in [-0.1, -0.05) is 17.7 Å². The highest BCUT2D eigenvalue weighted by atomic mass is 35.5. The summed E-state index contributed by atoms with van der Waals surface area (Å²) in [7, 11) is 0. The zero-order chi connectivity index (χ0) is 13.1. The van der Waals surface area contributed by atoms with E-state index in [-0.39, 0.29) is 11.2 Å². The van der Waals surface area contributed by atoms with E-state index in [1.54, 1.807) is 24.3 Å². The van der Waals surface area contributed by atoms with E-state index in [1.807, 2.05) is 6.92 Å². The predicted molar refractivity (Wildman–Crippen MR) is 71.2 cm³/mol. The Bertz CT molecular complexity index is 602. The van der Waals surface area contributed by atoms with Crippen LogP contribution in [0.3, 0.4) is 0 Å². The fourth-order valence-electron chi connectivity index (χ4n) is 1.43. The molecule has 2 aromatic rings. The molecule has 92 valence electrons. The summed E-state index contributed by atoms with van der Waals surface area (Å²) in [4.78, 5) is 19.6. The summed E-state index contributed by atoms with van der Waals surface area (Å²) in [5.41, 5.74) is 1.33. The molecule has 0 radical (unpaired) electrons. The number of carbonyl (C=O) groups excluding carboxylic acids is 1. The number of benzene rings is 1. The van der Waals surface area contributed by atoms with Gasteiger partial charge in [0.1, 0.15) is 5.82 Å². The number of aryl methyl sites for hydroxylation is 1. The molecule has 0 unspecified atom stereocenters. The first-order valence-corrected chi connectivity index (χ1v) is 5.88. The normalized spacial score (nSPS) is 10.2. The maximum absolute atomic E-state index is 12.0. The molecule has 0 bridgehead atoms. The van der Waals surface area contributed by atoms with Crippen molar-refractivity contribution in [3.63, 3.8) is 0 Å². The number of aromatic nitrogens is 2. The number of rotatable bonds is 2. The van der Waals surface area contributed by atoms with Gasteiger partial charge in [-0.15, -0.1) is 0 Å². The van der Waals surface area contributed by atoms with Gasteiger partial charge in [0, 0.05) is 16.8 Å². The molecule has 1 aromatic carbocycles. The van der Waals surface area contributed by atoms with Gasteiger partial charge in [0.05, 0.1) is 0 Å². The molecule has 0 spiro atoms. The smallest absolute Gasteiger partial charge is 0.257 e. The van der Waals surface area contributed by atoms with E-state index in [1.165, 1.54) is 6.20 Å². The van der Waals surface area contributed by atoms with Crippen molar-refractivity contribution in [2.45, 2.75) is 6.92 Å². The van der Waals surface area contributed by atoms with Gasteiger partial charge < -0.3 is 5.32 Å². The molecule has 18 heavy (non-hydrogen) atoms. The van der Waals surface area contributed by atoms with Crippen LogP contribution in [0, 0.1) is 6.92 Å². The zero-order valence-corrected chi connectivity index (χ0v) is 11.0. The summed E-state index contributed by atoms with van der Waals surface area (Å²) in [5, 5.41) is 3.22. The largest absolute Gasteiger partial charge is 0.306 e. The molecule has 0 aliphatic heterocycles. The monoisotopic (exact) mass is 281 g/mol. The number of nitrogens with one attached hydrogen (secondary N) is 1. The van der Waals surface area contributed by atoms with Gasteiger partial charge in [-0.05, 0) is 42.3 Å². The van der Waals surface area contributed by atoms with Gasteiger partial charge in [-0.3, -0.25) is 4.79 Å². The Balaban J connectivity index is 2.24. The molecule has 6 heteroatoms. The second-order valence-corrected chi connectivity index (χ2v) is 4.40. The van der Waals surface area contributed by atoms with Crippen LogP contribution in [0.1, 0.15) is 15.9 Å². The van der Waals surface area contributed by atoms with Crippen LogP contribution in [-0.4, -0.2) is 15.9 Å². The summed E-state index contributed by atoms with van der Waals surface area (Å²) in [6.07, 6.45) is 1.47. The van der Waals surface area contributed by atoms with E-state index < -0.39 is 0 Å². The van der Waals surface area contributed by atoms with E-state index in [9.17, 15) is 4.79 Å². The number of amides is 1. The first-order chi connectivity index (χ1) is 8.56. The standard InChI is InChI=1S/C12H9Cl2N3O/c1-7-2-3-8(13)6-9(7)11(18)16-10-4-5-15-12(14)17-10/h2-6H,1H3,(H,15,16,17,18). The van der Waals surface area contributed by atoms with Crippen molar-refractivity contribution in [1.82, 2.24) is 9.97 Å². The summed E-state index contributed by atoms with van der Waals surface area (Å²) < 4.78 is 0. The van der Waals surface area contributed by atoms with Crippen LogP contribution in [0.5, 0.6) is 0 Å². The van der Waals surface area contributed by atoms with Crippen molar-refractivity contribution in [2.75, 3.05) is 5.32 Å². The first-order valence-electron chi connectivity index (χ1n) is 5.12. The van der Waals surface area contributed by atoms with Crippen LogP contribution in [0.4, 0.5) is 5.82 Å². The van der Waals surface area contributed by atoms with Crippen LogP contribution in [0.2, 0.25) is 10.3 Å². The lowest BCUT2D eigenvalue weighted by atomic mass is 10.1. The highest BCUT2D eigenvalue weighted by Gasteiger charge is 2.10. The Kier molecular flexibility index (Phi) is 3.79. The average molecular weight is 282 g/mol. The van der Waals surface area contributed by atoms with Gasteiger partial charge in [-0.25, -0.2) is 9.97 Å². The SMILES string of the molecule is Cc1ccc(Cl)cc1C(=O)Nc1ccnc(Cl)n1. The fraction of sp³-hybridized carbons (Fsp3) is 0.0833. The van der Waals surface area contributed by atoms with E-state index in [0.29, 0.717) is 16.4 Å². The van der Waals surface area contributed by atoms with E-state index >= 15 is 0 Å². The molecule has 2 rings (SSSR count). The molecular formula is C12H9Cl2N3O. The molecule has 0 atom stereocenters. The molecule has 4 nitrogen and oxygen atoms in total. The van der Waals surface area contributed by atoms with E-state index in [0.717, 1.165) is 5.56 Å². The zero-order valence-electron chi connectivity index (χ0n) is 9.45. The molecule has 0 aliphatic rings. The van der Waals surface area contributed by atoms with Crippen LogP contribution >= 0.6 is 23.2 Å². The van der Waals surface area contributed by atoms with Gasteiger partial charge >= 0.3 is 0 Å². The minimum atomic E-state index is -0.287. The average Bonchev–Trinajstić information content (AvgIpc) is 2.32. The fourth-order valence-corrected chi connectivity index (χ4v) is 1.75. The minimum absolute atomic E-state index is 0.0793. The second-order valence-electron chi connectivity index (χ2n) is 3.62. The Morgan fingerprint density at radius 2 is 2.06 bits per heavy atom. The molecule has 1 N–H and O–H groups in total. The van der Waals surface area contributed by atoms with Gasteiger partial charge in [0.15, 0.2) is 0 Å². The van der Waals surface area contributed by atoms with E-state index in [4.69, 9.17) is 23.2 Å². The highest BCUT2D eigenvalue weighted by Crippen LogP contribution is 2.17. The van der Waals surface area contributed by atoms with Crippen LogP contribution in [0.15, 0.2) is 30.5 Å². The summed E-state index contributed by atoms with van der Waals surface area (Å²) >= 11 is 11.5. The number of anilines is 1. The third-order valence-corrected chi connectivity index (χ3v) is 2.73. The molecule has 1 amide bonds. The molecule has 0 saturated heterocycles. The number of hydrogen-bond acceptors (Lipinski definition) is 3. The number of halogens is 2. The molecule has 1 heterocycles. The topological polar surface area (TPSA) is 54.9 Å². The molecule has 1 aromatic heterocycles. The van der Waals surface area contributed by atoms with Gasteiger partial charge in [0.2, 0.25) is 5.28 Å². The maximum Gasteiger partial charge on any atom is 0.257 e. The molecule has 0 saturated carbocycles. The van der Waals surface area contributed by atoms with Gasteiger partial charge in [-0.2, -0.15) is 0 Å². The Hall–Kier alpha value is -1.65. The van der Waals surface area contributed by atoms with Crippen molar-refractivity contribution in [2.24, 2.45) is 0 Å². The number of carbonyl (C=O) groups is 1. The van der Waals surface area contributed by atoms with Crippen molar-refractivity contribution in [3.8, 4) is 0 Å². The summed E-state index contributed by atoms with van der Waals surface area (Å²) in [6, 6.07) is 6.68.